The molecule has 0 aliphatic rings. The Morgan fingerprint density at radius 2 is 1.62 bits per heavy atom. The number of anilines is 7. The summed E-state index contributed by atoms with van der Waals surface area (Å²) in [6.07, 6.45) is 2.70. The van der Waals surface area contributed by atoms with Crippen LogP contribution in [0, 0.1) is 0 Å². The smallest absolute Gasteiger partial charge is 0.232 e. The molecule has 0 bridgehead atoms. The Bertz CT molecular complexity index is 1420. The lowest BCUT2D eigenvalue weighted by atomic mass is 10.1. The van der Waals surface area contributed by atoms with Crippen molar-refractivity contribution in [1.29, 1.82) is 0 Å². The molecule has 3 N–H and O–H groups in total. The third kappa shape index (κ3) is 8.06. The molecule has 218 valence electrons. The van der Waals surface area contributed by atoms with Gasteiger partial charge in [0.15, 0.2) is 0 Å². The molecule has 0 aliphatic heterocycles. The predicted molar refractivity (Wildman–Crippen MR) is 169 cm³/mol. The fraction of sp³-hybridized carbons (Fsp3) is 0.393. The average molecular weight is 590 g/mol. The topological polar surface area (TPSA) is 102 Å². The Morgan fingerprint density at radius 3 is 2.25 bits per heavy atom. The van der Waals surface area contributed by atoms with Crippen molar-refractivity contribution in [2.75, 3.05) is 79.8 Å². The van der Waals surface area contributed by atoms with Crippen molar-refractivity contribution in [1.82, 2.24) is 9.88 Å². The first-order valence-corrected chi connectivity index (χ1v) is 15.1. The molecule has 0 radical (unpaired) electrons. The lowest BCUT2D eigenvalue weighted by molar-refractivity contribution is 0.413. The second-order valence-corrected chi connectivity index (χ2v) is 12.6. The molecule has 3 aromatic rings. The van der Waals surface area contributed by atoms with Crippen LogP contribution in [0.1, 0.15) is 13.8 Å². The Labute approximate surface area is 243 Å². The third-order valence-corrected chi connectivity index (χ3v) is 7.68. The number of rotatable bonds is 13. The minimum atomic E-state index is -3.46. The van der Waals surface area contributed by atoms with Crippen LogP contribution in [0.3, 0.4) is 0 Å². The van der Waals surface area contributed by atoms with Crippen molar-refractivity contribution in [3.63, 3.8) is 0 Å². The summed E-state index contributed by atoms with van der Waals surface area (Å²) in [6.45, 7) is 5.95. The van der Waals surface area contributed by atoms with E-state index in [1.807, 2.05) is 18.2 Å². The van der Waals surface area contributed by atoms with Crippen molar-refractivity contribution < 1.29 is 13.2 Å². The normalized spacial score (nSPS) is 11.5. The fourth-order valence-corrected chi connectivity index (χ4v) is 4.63. The number of likely N-dealkylation sites (N-methyl/N-ethyl adjacent to an activating group) is 2. The van der Waals surface area contributed by atoms with E-state index in [0.717, 1.165) is 36.4 Å². The van der Waals surface area contributed by atoms with E-state index in [2.05, 4.69) is 65.7 Å². The standard InChI is InChI=1S/C28H40ClN7O3S/c1-19(2)31-23-15-24(27(39-7)17-26(23)35(5)14-13-34(3)4)33-28-16-22(20(29)18-30-28)32-21-11-9-10-12-25(21)36(6)40(8,37)38/h9-12,15-19,31H,13-14H2,1-8H3,(H2,30,32,33). The number of hydrogen-bond donors (Lipinski definition) is 3. The fourth-order valence-electron chi connectivity index (χ4n) is 3.97. The highest BCUT2D eigenvalue weighted by Crippen LogP contribution is 2.39. The van der Waals surface area contributed by atoms with Crippen LogP contribution >= 0.6 is 11.6 Å². The maximum atomic E-state index is 12.2. The molecule has 0 amide bonds. The summed E-state index contributed by atoms with van der Waals surface area (Å²) in [5, 5.41) is 10.5. The van der Waals surface area contributed by atoms with Crippen LogP contribution in [-0.4, -0.2) is 79.0 Å². The number of para-hydroxylation sites is 2. The van der Waals surface area contributed by atoms with E-state index in [1.54, 1.807) is 31.4 Å². The van der Waals surface area contributed by atoms with Crippen molar-refractivity contribution >= 4 is 61.6 Å². The van der Waals surface area contributed by atoms with Gasteiger partial charge in [-0.2, -0.15) is 0 Å². The molecule has 0 fully saturated rings. The van der Waals surface area contributed by atoms with E-state index < -0.39 is 10.0 Å². The maximum absolute atomic E-state index is 12.2. The van der Waals surface area contributed by atoms with Crippen LogP contribution in [0.2, 0.25) is 5.02 Å². The van der Waals surface area contributed by atoms with E-state index in [9.17, 15) is 8.42 Å². The number of ether oxygens (including phenoxy) is 1. The molecule has 40 heavy (non-hydrogen) atoms. The van der Waals surface area contributed by atoms with Crippen LogP contribution in [0.5, 0.6) is 5.75 Å². The molecule has 0 aliphatic carbocycles. The quantitative estimate of drug-likeness (QED) is 0.240. The van der Waals surface area contributed by atoms with Gasteiger partial charge in [-0.3, -0.25) is 4.31 Å². The minimum absolute atomic E-state index is 0.219. The van der Waals surface area contributed by atoms with Crippen molar-refractivity contribution in [2.24, 2.45) is 0 Å². The van der Waals surface area contributed by atoms with E-state index in [4.69, 9.17) is 16.3 Å². The minimum Gasteiger partial charge on any atom is -0.494 e. The lowest BCUT2D eigenvalue weighted by Crippen LogP contribution is -2.29. The molecule has 3 rings (SSSR count). The highest BCUT2D eigenvalue weighted by molar-refractivity contribution is 7.92. The van der Waals surface area contributed by atoms with Crippen LogP contribution in [-0.2, 0) is 10.0 Å². The van der Waals surface area contributed by atoms with Crippen LogP contribution in [0.15, 0.2) is 48.7 Å². The van der Waals surface area contributed by atoms with Gasteiger partial charge in [-0.05, 0) is 46.1 Å². The summed E-state index contributed by atoms with van der Waals surface area (Å²) in [4.78, 5) is 8.81. The highest BCUT2D eigenvalue weighted by Gasteiger charge is 2.18. The number of nitrogens with zero attached hydrogens (tertiary/aromatic N) is 4. The Morgan fingerprint density at radius 1 is 0.925 bits per heavy atom. The molecule has 0 saturated heterocycles. The lowest BCUT2D eigenvalue weighted by Gasteiger charge is -2.27. The average Bonchev–Trinajstić information content (AvgIpc) is 2.88. The number of nitrogens with one attached hydrogen (secondary N) is 3. The van der Waals surface area contributed by atoms with E-state index in [0.29, 0.717) is 33.7 Å². The zero-order valence-corrected chi connectivity index (χ0v) is 26.0. The number of hydrogen-bond acceptors (Lipinski definition) is 9. The second-order valence-electron chi connectivity index (χ2n) is 10.1. The van der Waals surface area contributed by atoms with Gasteiger partial charge < -0.3 is 30.5 Å². The largest absolute Gasteiger partial charge is 0.494 e. The molecular weight excluding hydrogens is 550 g/mol. The first kappa shape index (κ1) is 31.1. The van der Waals surface area contributed by atoms with Gasteiger partial charge in [0.2, 0.25) is 10.0 Å². The van der Waals surface area contributed by atoms with Gasteiger partial charge in [0, 0.05) is 45.4 Å². The summed E-state index contributed by atoms with van der Waals surface area (Å²) in [5.74, 6) is 1.19. The van der Waals surface area contributed by atoms with Crippen LogP contribution < -0.4 is 29.9 Å². The Kier molecular flexibility index (Phi) is 10.3. The van der Waals surface area contributed by atoms with Gasteiger partial charge >= 0.3 is 0 Å². The molecule has 2 aromatic carbocycles. The monoisotopic (exact) mass is 589 g/mol. The predicted octanol–water partition coefficient (Wildman–Crippen LogP) is 5.44. The van der Waals surface area contributed by atoms with E-state index in [1.165, 1.54) is 17.5 Å². The first-order valence-electron chi connectivity index (χ1n) is 12.9. The summed E-state index contributed by atoms with van der Waals surface area (Å²) >= 11 is 6.49. The summed E-state index contributed by atoms with van der Waals surface area (Å²) < 4.78 is 31.3. The summed E-state index contributed by atoms with van der Waals surface area (Å²) in [5.41, 5.74) is 4.36. The summed E-state index contributed by atoms with van der Waals surface area (Å²) in [7, 11) is 5.86. The van der Waals surface area contributed by atoms with Gasteiger partial charge in [-0.15, -0.1) is 0 Å². The summed E-state index contributed by atoms with van der Waals surface area (Å²) in [6, 6.07) is 13.1. The van der Waals surface area contributed by atoms with Gasteiger partial charge in [0.25, 0.3) is 0 Å². The van der Waals surface area contributed by atoms with Crippen LogP contribution in [0.25, 0.3) is 0 Å². The molecule has 0 unspecified atom stereocenters. The van der Waals surface area contributed by atoms with E-state index >= 15 is 0 Å². The molecule has 10 nitrogen and oxygen atoms in total. The SMILES string of the molecule is COc1cc(N(C)CCN(C)C)c(NC(C)C)cc1Nc1cc(Nc2ccccc2N(C)S(C)(=O)=O)c(Cl)cn1. The number of pyridine rings is 1. The molecular formula is C28H40ClN7O3S. The van der Waals surface area contributed by atoms with Crippen molar-refractivity contribution in [2.45, 2.75) is 19.9 Å². The first-order chi connectivity index (χ1) is 18.8. The third-order valence-electron chi connectivity index (χ3n) is 6.18. The van der Waals surface area contributed by atoms with Gasteiger partial charge in [0.1, 0.15) is 11.6 Å². The van der Waals surface area contributed by atoms with Gasteiger partial charge in [0.05, 0.1) is 58.7 Å². The van der Waals surface area contributed by atoms with Gasteiger partial charge in [-0.25, -0.2) is 13.4 Å². The number of sulfonamides is 1. The van der Waals surface area contributed by atoms with Gasteiger partial charge in [-0.1, -0.05) is 23.7 Å². The molecule has 12 heteroatoms. The van der Waals surface area contributed by atoms with E-state index in [-0.39, 0.29) is 6.04 Å². The Hall–Kier alpha value is -3.41. The zero-order chi connectivity index (χ0) is 29.6. The number of methoxy groups -OCH3 is 1. The Balaban J connectivity index is 1.96. The molecule has 1 aromatic heterocycles. The number of aromatic nitrogens is 1. The van der Waals surface area contributed by atoms with Crippen molar-refractivity contribution in [3.05, 3.63) is 53.7 Å². The second kappa shape index (κ2) is 13.3. The highest BCUT2D eigenvalue weighted by atomic mass is 35.5. The maximum Gasteiger partial charge on any atom is 0.232 e. The molecule has 0 atom stereocenters. The number of halogens is 1. The zero-order valence-electron chi connectivity index (χ0n) is 24.4. The molecule has 0 spiro atoms. The molecule has 1 heterocycles. The van der Waals surface area contributed by atoms with Crippen molar-refractivity contribution in [3.8, 4) is 5.75 Å². The number of benzene rings is 2. The molecule has 0 saturated carbocycles. The van der Waals surface area contributed by atoms with Crippen LogP contribution in [0.4, 0.5) is 39.9 Å².